The summed E-state index contributed by atoms with van der Waals surface area (Å²) in [6, 6.07) is 11.8. The predicted octanol–water partition coefficient (Wildman–Crippen LogP) is 17.8. The van der Waals surface area contributed by atoms with Gasteiger partial charge in [-0.3, -0.25) is 0 Å². The zero-order valence-electron chi connectivity index (χ0n) is 35.2. The quantitative estimate of drug-likeness (QED) is 0.149. The minimum Gasteiger partial charge on any atom is -0.369 e. The first kappa shape index (κ1) is 25.0. The van der Waals surface area contributed by atoms with Gasteiger partial charge in [-0.15, -0.1) is 0 Å². The van der Waals surface area contributed by atoms with Gasteiger partial charge in [-0.2, -0.15) is 0 Å². The molecular formula is C68H9N. The molecule has 0 amide bonds. The lowest BCUT2D eigenvalue weighted by molar-refractivity contribution is 0.415. The molecule has 1 saturated heterocycles. The van der Waals surface area contributed by atoms with Crippen molar-refractivity contribution in [3.63, 3.8) is 0 Å². The summed E-state index contributed by atoms with van der Waals surface area (Å²) >= 11 is 0. The summed E-state index contributed by atoms with van der Waals surface area (Å²) in [7, 11) is 0. The maximum Gasteiger partial charge on any atom is 0.0558 e. The molecule has 2 spiro atoms. The molecule has 0 aromatic heterocycles. The van der Waals surface area contributed by atoms with E-state index in [0.29, 0.717) is 0 Å². The SMILES string of the molecule is c1ccc(N2CC34c5c6c7c8c9c%10c(c%11c%12c3c3c5c5c%13c6c6c7c7c9c9c%14c%10c%10c%11c%11c%12c%12c3c3c5c5c%13c%13c6c6c7c9c7c9c%14c%10c%10c%11c%11c%12c3c3c5c5c%13c6c7c6c9c%10c%11c3c56)C84C2)cc1. The topological polar surface area (TPSA) is 3.24 Å². The van der Waals surface area contributed by atoms with E-state index in [1.807, 2.05) is 0 Å². The summed E-state index contributed by atoms with van der Waals surface area (Å²) < 4.78 is 0. The van der Waals surface area contributed by atoms with Crippen molar-refractivity contribution < 1.29 is 0 Å². The lowest BCUT2D eigenvalue weighted by Gasteiger charge is -2.49. The van der Waals surface area contributed by atoms with Crippen molar-refractivity contribution in [1.29, 1.82) is 0 Å². The molecule has 1 fully saturated rings. The standard InChI is InChI=1S/C68H9N/c1-2-4-8(5-3-1)69-6-67-63-55-47-37-27-19-11-9-10-13-17-15(11)23-31-25(17)35-29-21(13)22-14(10)18-16-12(9)20(19)28-34-24(16)32-26(18)36-30(22)40-39(29)49-43(35)53-45(31)51(41(47)33(23)27)59(63)61(53)65-57(49)58-50(40)44(36)54-46(32)52-42(34)48(38(28)37)56(55)64(67)60(52)62(54)66(58)68(65,67)7-69/h1-5H,6-7H2. The van der Waals surface area contributed by atoms with E-state index in [2.05, 4.69) is 35.2 Å². The lowest BCUT2D eigenvalue weighted by atomic mass is 9.50. The first-order valence-corrected chi connectivity index (χ1v) is 26.0. The molecule has 1 nitrogen and oxygen atoms in total. The van der Waals surface area contributed by atoms with E-state index in [-0.39, 0.29) is 10.8 Å². The van der Waals surface area contributed by atoms with Gasteiger partial charge in [-0.1, -0.05) is 18.2 Å². The van der Waals surface area contributed by atoms with Gasteiger partial charge in [0.25, 0.3) is 0 Å². The second kappa shape index (κ2) is 5.61. The summed E-state index contributed by atoms with van der Waals surface area (Å²) in [4.78, 5) is 2.95. The van der Waals surface area contributed by atoms with Crippen LogP contribution in [0.4, 0.5) is 5.69 Å². The molecule has 29 aromatic rings. The lowest BCUT2D eigenvalue weighted by Crippen LogP contribution is -2.51. The van der Waals surface area contributed by atoms with Crippen LogP contribution in [0.1, 0.15) is 22.3 Å². The van der Waals surface area contributed by atoms with Crippen molar-refractivity contribution in [1.82, 2.24) is 0 Å². The number of benzene rings is 19. The third-order valence-electron chi connectivity index (χ3n) is 25.7. The number of para-hydroxylation sites is 1. The van der Waals surface area contributed by atoms with Crippen molar-refractivity contribution in [3.8, 4) is 0 Å². The van der Waals surface area contributed by atoms with Crippen LogP contribution in [0.2, 0.25) is 0 Å². The molecule has 0 N–H and O–H groups in total. The molecule has 0 unspecified atom stereocenters. The Labute approximate surface area is 376 Å². The largest absolute Gasteiger partial charge is 0.369 e. The van der Waals surface area contributed by atoms with Crippen molar-refractivity contribution in [2.45, 2.75) is 10.8 Å². The van der Waals surface area contributed by atoms with Gasteiger partial charge in [0.15, 0.2) is 0 Å². The minimum absolute atomic E-state index is 0.200. The average molecular weight is 840 g/mol. The number of hydrogen-bond acceptors (Lipinski definition) is 1. The van der Waals surface area contributed by atoms with E-state index in [1.54, 1.807) is 313 Å². The summed E-state index contributed by atoms with van der Waals surface area (Å²) in [5.74, 6) is 0. The van der Waals surface area contributed by atoms with Gasteiger partial charge in [0.2, 0.25) is 0 Å². The monoisotopic (exact) mass is 839 g/mol. The Balaban J connectivity index is 1.18. The molecule has 29 aromatic carbocycles. The smallest absolute Gasteiger partial charge is 0.0558 e. The molecule has 4 aliphatic carbocycles. The highest BCUT2D eigenvalue weighted by molar-refractivity contribution is 6.82. The predicted molar refractivity (Wildman–Crippen MR) is 293 cm³/mol. The molecule has 1 aliphatic heterocycles. The molecule has 0 atom stereocenters. The van der Waals surface area contributed by atoms with Crippen molar-refractivity contribution in [2.75, 3.05) is 18.0 Å². The van der Waals surface area contributed by atoms with Crippen LogP contribution < -0.4 is 4.90 Å². The molecule has 1 heterocycles. The molecule has 5 aliphatic rings. The average Bonchev–Trinajstić information content (AvgIpc) is 4.23. The van der Waals surface area contributed by atoms with Crippen LogP contribution in [-0.4, -0.2) is 13.1 Å². The van der Waals surface area contributed by atoms with E-state index in [1.165, 1.54) is 5.69 Å². The fourth-order valence-electron chi connectivity index (χ4n) is 25.6. The second-order valence-corrected chi connectivity index (χ2v) is 25.8. The molecule has 0 bridgehead atoms. The van der Waals surface area contributed by atoms with Gasteiger partial charge in [-0.05, 0) is 325 Å². The summed E-state index contributed by atoms with van der Waals surface area (Å²) in [6.07, 6.45) is 0. The van der Waals surface area contributed by atoms with Gasteiger partial charge in [0.1, 0.15) is 0 Å². The Morgan fingerprint density at radius 1 is 0.188 bits per heavy atom. The zero-order valence-corrected chi connectivity index (χ0v) is 35.2. The molecule has 34 rings (SSSR count). The summed E-state index contributed by atoms with van der Waals surface area (Å²) in [5, 5.41) is 90.8. The number of hydrogen-bond donors (Lipinski definition) is 0. The van der Waals surface area contributed by atoms with Gasteiger partial charge in [0, 0.05) is 18.8 Å². The Morgan fingerprint density at radius 3 is 0.493 bits per heavy atom. The fourth-order valence-corrected chi connectivity index (χ4v) is 25.6. The van der Waals surface area contributed by atoms with Gasteiger partial charge < -0.3 is 4.90 Å². The Hall–Kier alpha value is -8.52. The van der Waals surface area contributed by atoms with Crippen LogP contribution in [0.3, 0.4) is 0 Å². The van der Waals surface area contributed by atoms with E-state index in [9.17, 15) is 0 Å². The highest BCUT2D eigenvalue weighted by Crippen LogP contribution is 2.85. The van der Waals surface area contributed by atoms with Crippen LogP contribution in [0.15, 0.2) is 30.3 Å². The molecule has 0 saturated carbocycles. The van der Waals surface area contributed by atoms with Crippen LogP contribution in [-0.2, 0) is 10.8 Å². The first-order chi connectivity index (χ1) is 34.4. The zero-order chi connectivity index (χ0) is 40.6. The van der Waals surface area contributed by atoms with Crippen LogP contribution in [0.25, 0.3) is 291 Å². The fraction of sp³-hybridized carbons (Fsp3) is 0.0588. The maximum atomic E-state index is 2.95. The van der Waals surface area contributed by atoms with E-state index in [4.69, 9.17) is 0 Å². The number of rotatable bonds is 1. The maximum absolute atomic E-state index is 2.95. The summed E-state index contributed by atoms with van der Waals surface area (Å²) in [6.45, 7) is 2.10. The minimum atomic E-state index is -0.200. The summed E-state index contributed by atoms with van der Waals surface area (Å²) in [5.41, 5.74) is 8.16. The van der Waals surface area contributed by atoms with Crippen LogP contribution >= 0.6 is 0 Å². The Morgan fingerprint density at radius 2 is 0.333 bits per heavy atom. The number of anilines is 1. The van der Waals surface area contributed by atoms with Gasteiger partial charge >= 0.3 is 0 Å². The van der Waals surface area contributed by atoms with Crippen molar-refractivity contribution >= 4 is 297 Å². The highest BCUT2D eigenvalue weighted by atomic mass is 15.2. The van der Waals surface area contributed by atoms with Crippen LogP contribution in [0.5, 0.6) is 0 Å². The number of nitrogens with zero attached hydrogens (tertiary/aromatic N) is 1. The normalized spacial score (nSPS) is 22.8. The third kappa shape index (κ3) is 1.32. The van der Waals surface area contributed by atoms with Gasteiger partial charge in [0.05, 0.1) is 10.8 Å². The van der Waals surface area contributed by atoms with Crippen LogP contribution in [0, 0.1) is 0 Å². The van der Waals surface area contributed by atoms with E-state index < -0.39 is 0 Å². The Bertz CT molecular complexity index is 6740. The van der Waals surface area contributed by atoms with Crippen molar-refractivity contribution in [2.24, 2.45) is 0 Å². The molecule has 0 radical (unpaired) electrons. The van der Waals surface area contributed by atoms with E-state index >= 15 is 0 Å². The highest BCUT2D eigenvalue weighted by Gasteiger charge is 2.73. The molecule has 286 valence electrons. The van der Waals surface area contributed by atoms with Crippen molar-refractivity contribution in [3.05, 3.63) is 52.6 Å². The van der Waals surface area contributed by atoms with Gasteiger partial charge in [-0.25, -0.2) is 0 Å². The Kier molecular flexibility index (Phi) is 2.03. The molecule has 1 heteroatoms. The first-order valence-electron chi connectivity index (χ1n) is 26.0. The molecule has 69 heavy (non-hydrogen) atoms. The third-order valence-corrected chi connectivity index (χ3v) is 25.7. The van der Waals surface area contributed by atoms with E-state index in [0.717, 1.165) is 13.1 Å². The second-order valence-electron chi connectivity index (χ2n) is 25.8. The molecular weight excluding hydrogens is 831 g/mol.